The third-order valence-electron chi connectivity index (χ3n) is 2.97. The van der Waals surface area contributed by atoms with Gasteiger partial charge in [-0.15, -0.1) is 12.4 Å². The second-order valence-corrected chi connectivity index (χ2v) is 4.40. The third-order valence-corrected chi connectivity index (χ3v) is 2.97. The third kappa shape index (κ3) is 3.51. The van der Waals surface area contributed by atoms with E-state index in [1.165, 1.54) is 0 Å². The molecule has 0 aliphatic heterocycles. The van der Waals surface area contributed by atoms with E-state index in [2.05, 4.69) is 10.4 Å². The number of nitrogens with two attached hydrogens (primary N) is 1. The van der Waals surface area contributed by atoms with Gasteiger partial charge in [-0.25, -0.2) is 0 Å². The molecule has 0 atom stereocenters. The van der Waals surface area contributed by atoms with Crippen molar-refractivity contribution in [1.29, 1.82) is 0 Å². The summed E-state index contributed by atoms with van der Waals surface area (Å²) in [4.78, 5) is 12.0. The van der Waals surface area contributed by atoms with E-state index in [0.717, 1.165) is 17.7 Å². The van der Waals surface area contributed by atoms with Crippen molar-refractivity contribution in [3.8, 4) is 0 Å². The molecule has 108 valence electrons. The van der Waals surface area contributed by atoms with Gasteiger partial charge in [-0.2, -0.15) is 5.10 Å². The summed E-state index contributed by atoms with van der Waals surface area (Å²) in [5, 5.41) is 7.21. The van der Waals surface area contributed by atoms with Gasteiger partial charge in [0.05, 0.1) is 11.3 Å². The van der Waals surface area contributed by atoms with Crippen LogP contribution in [0.2, 0.25) is 0 Å². The lowest BCUT2D eigenvalue weighted by Crippen LogP contribution is -2.24. The zero-order chi connectivity index (χ0) is 13.8. The van der Waals surface area contributed by atoms with Crippen molar-refractivity contribution in [2.45, 2.75) is 19.9 Å². The van der Waals surface area contributed by atoms with Crippen LogP contribution in [0.15, 0.2) is 30.5 Å². The number of benzene rings is 1. The molecular weight excluding hydrogens is 276 g/mol. The molecule has 1 amide bonds. The van der Waals surface area contributed by atoms with Gasteiger partial charge in [0.25, 0.3) is 5.91 Å². The number of carbonyl (C=O) groups is 1. The number of para-hydroxylation sites is 1. The van der Waals surface area contributed by atoms with Crippen LogP contribution in [-0.2, 0) is 20.0 Å². The minimum Gasteiger partial charge on any atom is -0.398 e. The maximum Gasteiger partial charge on any atom is 0.253 e. The Morgan fingerprint density at radius 2 is 2.10 bits per heavy atom. The molecule has 20 heavy (non-hydrogen) atoms. The highest BCUT2D eigenvalue weighted by atomic mass is 35.5. The van der Waals surface area contributed by atoms with E-state index < -0.39 is 0 Å². The summed E-state index contributed by atoms with van der Waals surface area (Å²) in [6.07, 6.45) is 2.77. The van der Waals surface area contributed by atoms with Gasteiger partial charge >= 0.3 is 0 Å². The molecule has 0 saturated heterocycles. The maximum atomic E-state index is 12.0. The minimum atomic E-state index is -0.163. The van der Waals surface area contributed by atoms with E-state index in [1.807, 2.05) is 26.2 Å². The monoisotopic (exact) mass is 294 g/mol. The molecule has 1 aromatic carbocycles. The molecule has 2 aromatic rings. The summed E-state index contributed by atoms with van der Waals surface area (Å²) in [5.74, 6) is -0.163. The Bertz CT molecular complexity index is 595. The molecule has 2 rings (SSSR count). The summed E-state index contributed by atoms with van der Waals surface area (Å²) in [6.45, 7) is 2.51. The van der Waals surface area contributed by atoms with Gasteiger partial charge in [-0.05, 0) is 18.6 Å². The molecule has 3 N–H and O–H groups in total. The number of hydrogen-bond acceptors (Lipinski definition) is 3. The number of aromatic nitrogens is 2. The number of halogens is 1. The Morgan fingerprint density at radius 1 is 1.40 bits per heavy atom. The Hall–Kier alpha value is -2.01. The zero-order valence-corrected chi connectivity index (χ0v) is 12.4. The number of nitrogen functional groups attached to an aromatic ring is 1. The number of rotatable bonds is 4. The van der Waals surface area contributed by atoms with Gasteiger partial charge in [0, 0.05) is 31.0 Å². The van der Waals surface area contributed by atoms with E-state index in [0.29, 0.717) is 17.8 Å². The topological polar surface area (TPSA) is 72.9 Å². The number of nitrogens with zero attached hydrogens (tertiary/aromatic N) is 2. The van der Waals surface area contributed by atoms with Crippen LogP contribution in [0.3, 0.4) is 0 Å². The van der Waals surface area contributed by atoms with Gasteiger partial charge in [0.2, 0.25) is 0 Å². The normalized spacial score (nSPS) is 9.90. The van der Waals surface area contributed by atoms with Crippen LogP contribution in [0.25, 0.3) is 0 Å². The highest BCUT2D eigenvalue weighted by molar-refractivity contribution is 5.98. The lowest BCUT2D eigenvalue weighted by Gasteiger charge is -2.07. The van der Waals surface area contributed by atoms with Gasteiger partial charge < -0.3 is 11.1 Å². The molecule has 5 nitrogen and oxygen atoms in total. The van der Waals surface area contributed by atoms with Crippen molar-refractivity contribution in [1.82, 2.24) is 15.1 Å². The first-order valence-corrected chi connectivity index (χ1v) is 6.26. The maximum absolute atomic E-state index is 12.0. The molecule has 0 radical (unpaired) electrons. The summed E-state index contributed by atoms with van der Waals surface area (Å²) < 4.78 is 1.76. The fraction of sp³-hybridized carbons (Fsp3) is 0.286. The van der Waals surface area contributed by atoms with Crippen molar-refractivity contribution >= 4 is 24.0 Å². The van der Waals surface area contributed by atoms with Crippen LogP contribution in [0, 0.1) is 0 Å². The Kier molecular flexibility index (Phi) is 5.58. The fourth-order valence-corrected chi connectivity index (χ4v) is 2.00. The number of aryl methyl sites for hydroxylation is 2. The van der Waals surface area contributed by atoms with Crippen molar-refractivity contribution in [2.75, 3.05) is 5.73 Å². The van der Waals surface area contributed by atoms with Crippen LogP contribution >= 0.6 is 12.4 Å². The number of anilines is 1. The smallest absolute Gasteiger partial charge is 0.253 e. The minimum absolute atomic E-state index is 0. The average molecular weight is 295 g/mol. The van der Waals surface area contributed by atoms with Crippen molar-refractivity contribution < 1.29 is 4.79 Å². The molecule has 0 aliphatic rings. The van der Waals surface area contributed by atoms with Crippen LogP contribution in [0.4, 0.5) is 5.69 Å². The first kappa shape index (κ1) is 16.0. The highest BCUT2D eigenvalue weighted by Crippen LogP contribution is 2.11. The Balaban J connectivity index is 0.00000200. The average Bonchev–Trinajstić information content (AvgIpc) is 2.77. The quantitative estimate of drug-likeness (QED) is 0.846. The first-order chi connectivity index (χ1) is 9.11. The highest BCUT2D eigenvalue weighted by Gasteiger charge is 2.11. The standard InChI is InChI=1S/C14H18N4O.ClH/c1-3-13-10(9-18(2)17-13)8-16-14(19)11-6-4-5-7-12(11)15;/h4-7,9H,3,8,15H2,1-2H3,(H,16,19);1H. The summed E-state index contributed by atoms with van der Waals surface area (Å²) in [7, 11) is 1.87. The number of nitrogens with one attached hydrogen (secondary N) is 1. The molecule has 6 heteroatoms. The molecule has 0 bridgehead atoms. The largest absolute Gasteiger partial charge is 0.398 e. The summed E-state index contributed by atoms with van der Waals surface area (Å²) in [6, 6.07) is 7.04. The number of amides is 1. The van der Waals surface area contributed by atoms with E-state index >= 15 is 0 Å². The molecule has 0 fully saturated rings. The predicted octanol–water partition coefficient (Wildman–Crippen LogP) is 1.92. The Morgan fingerprint density at radius 3 is 2.75 bits per heavy atom. The molecular formula is C14H19ClN4O. The van der Waals surface area contributed by atoms with E-state index in [4.69, 9.17) is 5.73 Å². The SMILES string of the molecule is CCc1nn(C)cc1CNC(=O)c1ccccc1N.Cl. The van der Waals surface area contributed by atoms with Crippen LogP contribution in [0.1, 0.15) is 28.5 Å². The molecule has 1 aromatic heterocycles. The summed E-state index contributed by atoms with van der Waals surface area (Å²) in [5.41, 5.74) is 8.80. The van der Waals surface area contributed by atoms with Crippen molar-refractivity contribution in [3.05, 3.63) is 47.3 Å². The van der Waals surface area contributed by atoms with Gasteiger partial charge in [-0.3, -0.25) is 9.48 Å². The lowest BCUT2D eigenvalue weighted by molar-refractivity contribution is 0.0951. The molecule has 0 aliphatic carbocycles. The van der Waals surface area contributed by atoms with E-state index in [1.54, 1.807) is 22.9 Å². The van der Waals surface area contributed by atoms with Crippen molar-refractivity contribution in [3.63, 3.8) is 0 Å². The Labute approximate surface area is 124 Å². The predicted molar refractivity (Wildman–Crippen MR) is 81.9 cm³/mol. The summed E-state index contributed by atoms with van der Waals surface area (Å²) >= 11 is 0. The first-order valence-electron chi connectivity index (χ1n) is 6.26. The lowest BCUT2D eigenvalue weighted by atomic mass is 10.1. The fourth-order valence-electron chi connectivity index (χ4n) is 2.00. The van der Waals surface area contributed by atoms with Crippen LogP contribution in [0.5, 0.6) is 0 Å². The second kappa shape index (κ2) is 6.96. The van der Waals surface area contributed by atoms with Crippen molar-refractivity contribution in [2.24, 2.45) is 7.05 Å². The van der Waals surface area contributed by atoms with Gasteiger partial charge in [-0.1, -0.05) is 19.1 Å². The van der Waals surface area contributed by atoms with E-state index in [9.17, 15) is 4.79 Å². The molecule has 1 heterocycles. The number of hydrogen-bond donors (Lipinski definition) is 2. The van der Waals surface area contributed by atoms with Crippen LogP contribution in [-0.4, -0.2) is 15.7 Å². The zero-order valence-electron chi connectivity index (χ0n) is 11.6. The molecule has 0 unspecified atom stereocenters. The molecule has 0 spiro atoms. The van der Waals surface area contributed by atoms with Crippen LogP contribution < -0.4 is 11.1 Å². The second-order valence-electron chi connectivity index (χ2n) is 4.40. The number of carbonyl (C=O) groups excluding carboxylic acids is 1. The van der Waals surface area contributed by atoms with Gasteiger partial charge in [0.15, 0.2) is 0 Å². The van der Waals surface area contributed by atoms with E-state index in [-0.39, 0.29) is 18.3 Å². The van der Waals surface area contributed by atoms with Gasteiger partial charge in [0.1, 0.15) is 0 Å². The molecule has 0 saturated carbocycles.